The Kier molecular flexibility index (Phi) is 6.20. The molecule has 1 amide bonds. The van der Waals surface area contributed by atoms with E-state index in [0.717, 1.165) is 19.4 Å². The molecule has 0 aliphatic carbocycles. The van der Waals surface area contributed by atoms with Crippen molar-refractivity contribution < 1.29 is 14.7 Å². The Bertz CT molecular complexity index is 376. The molecular weight excluding hydrogens is 268 g/mol. The van der Waals surface area contributed by atoms with Crippen LogP contribution in [-0.2, 0) is 9.59 Å². The van der Waals surface area contributed by atoms with Gasteiger partial charge in [-0.2, -0.15) is 0 Å². The quantitative estimate of drug-likeness (QED) is 0.814. The SMILES string of the molecule is CC(CC(=O)O)C1CCCN(C(=O)CC(N)C(C)(C)C)C1. The highest BCUT2D eigenvalue weighted by Crippen LogP contribution is 2.27. The summed E-state index contributed by atoms with van der Waals surface area (Å²) in [5.41, 5.74) is 6.01. The maximum absolute atomic E-state index is 12.4. The van der Waals surface area contributed by atoms with Gasteiger partial charge in [-0.15, -0.1) is 0 Å². The van der Waals surface area contributed by atoms with Gasteiger partial charge in [0.2, 0.25) is 5.91 Å². The van der Waals surface area contributed by atoms with Gasteiger partial charge in [-0.1, -0.05) is 27.7 Å². The summed E-state index contributed by atoms with van der Waals surface area (Å²) in [5.74, 6) is -0.274. The van der Waals surface area contributed by atoms with Gasteiger partial charge < -0.3 is 15.7 Å². The van der Waals surface area contributed by atoms with Crippen LogP contribution in [0.1, 0.15) is 53.4 Å². The fourth-order valence-corrected chi connectivity index (χ4v) is 2.77. The molecule has 1 heterocycles. The van der Waals surface area contributed by atoms with Gasteiger partial charge in [0.1, 0.15) is 0 Å². The molecule has 3 unspecified atom stereocenters. The van der Waals surface area contributed by atoms with Gasteiger partial charge in [0.25, 0.3) is 0 Å². The van der Waals surface area contributed by atoms with E-state index in [4.69, 9.17) is 10.8 Å². The van der Waals surface area contributed by atoms with Crippen molar-refractivity contribution in [3.63, 3.8) is 0 Å². The summed E-state index contributed by atoms with van der Waals surface area (Å²) in [6, 6.07) is -0.151. The van der Waals surface area contributed by atoms with E-state index >= 15 is 0 Å². The second kappa shape index (κ2) is 7.25. The van der Waals surface area contributed by atoms with Crippen LogP contribution in [0, 0.1) is 17.3 Å². The Balaban J connectivity index is 2.55. The van der Waals surface area contributed by atoms with Crippen LogP contribution >= 0.6 is 0 Å². The first-order valence-electron chi connectivity index (χ1n) is 7.86. The van der Waals surface area contributed by atoms with Crippen molar-refractivity contribution in [2.24, 2.45) is 23.0 Å². The molecule has 1 rings (SSSR count). The number of nitrogens with two attached hydrogens (primary N) is 1. The topological polar surface area (TPSA) is 83.6 Å². The summed E-state index contributed by atoms with van der Waals surface area (Å²) in [6.45, 7) is 9.53. The lowest BCUT2D eigenvalue weighted by molar-refractivity contribution is -0.138. The minimum absolute atomic E-state index is 0.0819. The van der Waals surface area contributed by atoms with Crippen LogP contribution < -0.4 is 5.73 Å². The van der Waals surface area contributed by atoms with Crippen molar-refractivity contribution in [3.05, 3.63) is 0 Å². The molecule has 0 aromatic carbocycles. The van der Waals surface area contributed by atoms with Crippen molar-refractivity contribution in [3.8, 4) is 0 Å². The van der Waals surface area contributed by atoms with E-state index in [2.05, 4.69) is 0 Å². The molecule has 21 heavy (non-hydrogen) atoms. The summed E-state index contributed by atoms with van der Waals surface area (Å²) >= 11 is 0. The van der Waals surface area contributed by atoms with E-state index in [1.807, 2.05) is 32.6 Å². The smallest absolute Gasteiger partial charge is 0.303 e. The van der Waals surface area contributed by atoms with Crippen molar-refractivity contribution in [1.29, 1.82) is 0 Å². The number of likely N-dealkylation sites (tertiary alicyclic amines) is 1. The monoisotopic (exact) mass is 298 g/mol. The van der Waals surface area contributed by atoms with E-state index in [0.29, 0.717) is 13.0 Å². The molecule has 3 N–H and O–H groups in total. The Morgan fingerprint density at radius 2 is 1.95 bits per heavy atom. The molecule has 5 heteroatoms. The van der Waals surface area contributed by atoms with Crippen molar-refractivity contribution >= 4 is 11.9 Å². The molecule has 1 aliphatic heterocycles. The number of hydrogen-bond donors (Lipinski definition) is 2. The molecule has 1 saturated heterocycles. The molecular formula is C16H30N2O3. The molecule has 1 fully saturated rings. The number of aliphatic carboxylic acids is 1. The molecule has 5 nitrogen and oxygen atoms in total. The first-order valence-corrected chi connectivity index (χ1v) is 7.86. The highest BCUT2D eigenvalue weighted by atomic mass is 16.4. The first-order chi connectivity index (χ1) is 9.61. The summed E-state index contributed by atoms with van der Waals surface area (Å²) in [7, 11) is 0. The Morgan fingerprint density at radius 3 is 2.48 bits per heavy atom. The Hall–Kier alpha value is -1.10. The number of carboxylic acid groups (broad SMARTS) is 1. The van der Waals surface area contributed by atoms with Crippen LogP contribution in [0.3, 0.4) is 0 Å². The van der Waals surface area contributed by atoms with E-state index < -0.39 is 5.97 Å². The van der Waals surface area contributed by atoms with Crippen LogP contribution in [0.5, 0.6) is 0 Å². The molecule has 0 spiro atoms. The van der Waals surface area contributed by atoms with Gasteiger partial charge >= 0.3 is 5.97 Å². The van der Waals surface area contributed by atoms with Gasteiger partial charge in [0.15, 0.2) is 0 Å². The largest absolute Gasteiger partial charge is 0.481 e. The minimum atomic E-state index is -0.763. The van der Waals surface area contributed by atoms with Gasteiger partial charge in [-0.3, -0.25) is 9.59 Å². The van der Waals surface area contributed by atoms with Gasteiger partial charge in [-0.05, 0) is 30.1 Å². The summed E-state index contributed by atoms with van der Waals surface area (Å²) < 4.78 is 0. The number of carboxylic acids is 1. The van der Waals surface area contributed by atoms with Crippen LogP contribution in [0.15, 0.2) is 0 Å². The number of carbonyl (C=O) groups is 2. The number of piperidine rings is 1. The number of hydrogen-bond acceptors (Lipinski definition) is 3. The summed E-state index contributed by atoms with van der Waals surface area (Å²) in [5, 5.41) is 8.90. The zero-order valence-electron chi connectivity index (χ0n) is 13.8. The third kappa shape index (κ3) is 5.65. The lowest BCUT2D eigenvalue weighted by atomic mass is 9.83. The maximum atomic E-state index is 12.4. The van der Waals surface area contributed by atoms with Gasteiger partial charge in [0.05, 0.1) is 0 Å². The van der Waals surface area contributed by atoms with E-state index in [1.165, 1.54) is 0 Å². The van der Waals surface area contributed by atoms with Crippen molar-refractivity contribution in [2.75, 3.05) is 13.1 Å². The van der Waals surface area contributed by atoms with E-state index in [9.17, 15) is 9.59 Å². The second-order valence-corrected chi connectivity index (χ2v) is 7.49. The normalized spacial score (nSPS) is 22.7. The zero-order valence-corrected chi connectivity index (χ0v) is 13.8. The van der Waals surface area contributed by atoms with Crippen LogP contribution in [0.4, 0.5) is 0 Å². The lowest BCUT2D eigenvalue weighted by Gasteiger charge is -2.37. The van der Waals surface area contributed by atoms with Crippen molar-refractivity contribution in [2.45, 2.75) is 59.4 Å². The summed E-state index contributed by atoms with van der Waals surface area (Å²) in [4.78, 5) is 25.1. The highest BCUT2D eigenvalue weighted by molar-refractivity contribution is 5.77. The van der Waals surface area contributed by atoms with Gasteiger partial charge in [0, 0.05) is 32.0 Å². The third-order valence-electron chi connectivity index (χ3n) is 4.62. The fourth-order valence-electron chi connectivity index (χ4n) is 2.77. The molecule has 1 aliphatic rings. The molecule has 0 saturated carbocycles. The number of amides is 1. The lowest BCUT2D eigenvalue weighted by Crippen LogP contribution is -2.46. The number of rotatable bonds is 5. The molecule has 0 radical (unpaired) electrons. The Morgan fingerprint density at radius 1 is 1.33 bits per heavy atom. The average Bonchev–Trinajstić information content (AvgIpc) is 2.36. The Labute approximate surface area is 127 Å². The predicted octanol–water partition coefficient (Wildman–Crippen LogP) is 2.10. The minimum Gasteiger partial charge on any atom is -0.481 e. The fraction of sp³-hybridized carbons (Fsp3) is 0.875. The van der Waals surface area contributed by atoms with Crippen LogP contribution in [0.25, 0.3) is 0 Å². The third-order valence-corrected chi connectivity index (χ3v) is 4.62. The van der Waals surface area contributed by atoms with Crippen LogP contribution in [-0.4, -0.2) is 41.0 Å². The van der Waals surface area contributed by atoms with E-state index in [-0.39, 0.29) is 35.6 Å². The second-order valence-electron chi connectivity index (χ2n) is 7.49. The predicted molar refractivity (Wildman–Crippen MR) is 82.8 cm³/mol. The molecule has 122 valence electrons. The number of carbonyl (C=O) groups excluding carboxylic acids is 1. The standard InChI is InChI=1S/C16H30N2O3/c1-11(8-15(20)21)12-6-5-7-18(10-12)14(19)9-13(17)16(2,3)4/h11-13H,5-10,17H2,1-4H3,(H,20,21). The molecule has 3 atom stereocenters. The molecule has 0 aromatic heterocycles. The number of nitrogens with zero attached hydrogens (tertiary/aromatic N) is 1. The van der Waals surface area contributed by atoms with Gasteiger partial charge in [-0.25, -0.2) is 0 Å². The van der Waals surface area contributed by atoms with Crippen molar-refractivity contribution in [1.82, 2.24) is 4.90 Å². The first kappa shape index (κ1) is 18.0. The molecule has 0 aromatic rings. The maximum Gasteiger partial charge on any atom is 0.303 e. The van der Waals surface area contributed by atoms with E-state index in [1.54, 1.807) is 0 Å². The summed E-state index contributed by atoms with van der Waals surface area (Å²) in [6.07, 6.45) is 2.49. The molecule has 0 bridgehead atoms. The zero-order chi connectivity index (χ0) is 16.2. The highest BCUT2D eigenvalue weighted by Gasteiger charge is 2.30. The van der Waals surface area contributed by atoms with Crippen LogP contribution in [0.2, 0.25) is 0 Å². The average molecular weight is 298 g/mol.